The Morgan fingerprint density at radius 1 is 1.38 bits per heavy atom. The number of primary amides is 1. The molecule has 6 heteroatoms. The van der Waals surface area contributed by atoms with Crippen LogP contribution in [-0.2, 0) is 14.4 Å². The van der Waals surface area contributed by atoms with Gasteiger partial charge in [-0.2, -0.15) is 0 Å². The van der Waals surface area contributed by atoms with E-state index in [2.05, 4.69) is 11.1 Å². The van der Waals surface area contributed by atoms with Crippen molar-refractivity contribution in [2.24, 2.45) is 11.7 Å². The van der Waals surface area contributed by atoms with Crippen LogP contribution in [0, 0.1) is 5.92 Å². The van der Waals surface area contributed by atoms with Gasteiger partial charge in [-0.25, -0.2) is 0 Å². The molecule has 1 aliphatic rings. The molecule has 0 unspecified atom stereocenters. The van der Waals surface area contributed by atoms with Gasteiger partial charge >= 0.3 is 5.97 Å². The second kappa shape index (κ2) is 8.84. The van der Waals surface area contributed by atoms with E-state index in [0.717, 1.165) is 25.9 Å². The number of carboxylic acid groups (broad SMARTS) is 1. The fourth-order valence-electron chi connectivity index (χ4n) is 1.27. The maximum Gasteiger partial charge on any atom is 0.306 e. The van der Waals surface area contributed by atoms with Crippen LogP contribution >= 0.6 is 0 Å². The van der Waals surface area contributed by atoms with Gasteiger partial charge in [0.05, 0.1) is 5.92 Å². The summed E-state index contributed by atoms with van der Waals surface area (Å²) in [5, 5.41) is 11.6. The van der Waals surface area contributed by atoms with Crippen LogP contribution in [0.15, 0.2) is 0 Å². The maximum atomic E-state index is 10.3. The van der Waals surface area contributed by atoms with Crippen molar-refractivity contribution in [2.45, 2.75) is 25.7 Å². The number of amides is 1. The van der Waals surface area contributed by atoms with E-state index in [1.807, 2.05) is 0 Å². The third kappa shape index (κ3) is 7.93. The first-order valence-electron chi connectivity index (χ1n) is 5.23. The summed E-state index contributed by atoms with van der Waals surface area (Å²) in [5.41, 5.74) is 4.68. The van der Waals surface area contributed by atoms with Crippen molar-refractivity contribution < 1.29 is 19.5 Å². The highest BCUT2D eigenvalue weighted by Gasteiger charge is 2.18. The second-order valence-electron chi connectivity index (χ2n) is 3.53. The van der Waals surface area contributed by atoms with E-state index in [1.165, 1.54) is 0 Å². The van der Waals surface area contributed by atoms with Crippen molar-refractivity contribution in [3.63, 3.8) is 0 Å². The monoisotopic (exact) mass is 230 g/mol. The first kappa shape index (κ1) is 14.6. The lowest BCUT2D eigenvalue weighted by atomic mass is 9.99. The van der Waals surface area contributed by atoms with Crippen LogP contribution in [-0.4, -0.2) is 36.4 Å². The molecule has 0 saturated carbocycles. The van der Waals surface area contributed by atoms with Gasteiger partial charge in [-0.1, -0.05) is 0 Å². The van der Waals surface area contributed by atoms with Crippen molar-refractivity contribution in [1.82, 2.24) is 5.32 Å². The molecule has 1 amide bonds. The summed E-state index contributed by atoms with van der Waals surface area (Å²) in [6, 6.07) is 0. The molecular formula is C10H18N2O4. The zero-order valence-electron chi connectivity index (χ0n) is 9.15. The van der Waals surface area contributed by atoms with Crippen LogP contribution in [0.5, 0.6) is 0 Å². The second-order valence-corrected chi connectivity index (χ2v) is 3.53. The van der Waals surface area contributed by atoms with Crippen LogP contribution in [0.3, 0.4) is 0 Å². The van der Waals surface area contributed by atoms with Gasteiger partial charge < -0.3 is 21.0 Å². The van der Waals surface area contributed by atoms with Gasteiger partial charge in [-0.3, -0.25) is 9.59 Å². The number of nitrogens with one attached hydrogen (secondary N) is 1. The van der Waals surface area contributed by atoms with E-state index < -0.39 is 11.9 Å². The highest BCUT2D eigenvalue weighted by atomic mass is 16.4. The van der Waals surface area contributed by atoms with Crippen molar-refractivity contribution in [2.75, 3.05) is 13.1 Å². The fourth-order valence-corrected chi connectivity index (χ4v) is 1.27. The average molecular weight is 230 g/mol. The minimum absolute atomic E-state index is 0.0914. The zero-order chi connectivity index (χ0) is 12.4. The molecule has 4 N–H and O–H groups in total. The number of carboxylic acids is 1. The van der Waals surface area contributed by atoms with Crippen molar-refractivity contribution >= 4 is 18.2 Å². The molecule has 6 nitrogen and oxygen atoms in total. The summed E-state index contributed by atoms with van der Waals surface area (Å²) in [6.07, 6.45) is 2.66. The molecule has 0 spiro atoms. The van der Waals surface area contributed by atoms with Crippen LogP contribution < -0.4 is 11.1 Å². The van der Waals surface area contributed by atoms with Gasteiger partial charge in [0, 0.05) is 12.8 Å². The quantitative estimate of drug-likeness (QED) is 0.565. The van der Waals surface area contributed by atoms with E-state index in [-0.39, 0.29) is 18.8 Å². The molecule has 0 bridgehead atoms. The molecule has 0 aromatic rings. The predicted molar refractivity (Wildman–Crippen MR) is 57.7 cm³/mol. The summed E-state index contributed by atoms with van der Waals surface area (Å²) in [4.78, 5) is 29.6. The Labute approximate surface area is 94.2 Å². The number of aldehydes is 1. The molecular weight excluding hydrogens is 212 g/mol. The van der Waals surface area contributed by atoms with E-state index >= 15 is 0 Å². The Kier molecular flexibility index (Phi) is 8.05. The smallest absolute Gasteiger partial charge is 0.306 e. The number of piperidine rings is 1. The number of carbonyl (C=O) groups excluding carboxylic acids is 2. The summed E-state index contributed by atoms with van der Waals surface area (Å²) in [6.45, 7) is 1.72. The molecule has 0 radical (unpaired) electrons. The third-order valence-electron chi connectivity index (χ3n) is 2.20. The molecule has 92 valence electrons. The van der Waals surface area contributed by atoms with Crippen molar-refractivity contribution in [3.8, 4) is 0 Å². The topological polar surface area (TPSA) is 109 Å². The Morgan fingerprint density at radius 3 is 2.19 bits per heavy atom. The fraction of sp³-hybridized carbons (Fsp3) is 0.700. The zero-order valence-corrected chi connectivity index (χ0v) is 9.15. The lowest BCUT2D eigenvalue weighted by Crippen LogP contribution is -2.31. The molecule has 0 aromatic carbocycles. The summed E-state index contributed by atoms with van der Waals surface area (Å²) in [7, 11) is 0. The summed E-state index contributed by atoms with van der Waals surface area (Å²) < 4.78 is 0. The molecule has 0 aromatic heterocycles. The molecule has 1 saturated heterocycles. The molecule has 0 aliphatic carbocycles. The van der Waals surface area contributed by atoms with Crippen LogP contribution in [0.4, 0.5) is 0 Å². The lowest BCUT2D eigenvalue weighted by Gasteiger charge is -2.17. The third-order valence-corrected chi connectivity index (χ3v) is 2.20. The summed E-state index contributed by atoms with van der Waals surface area (Å²) >= 11 is 0. The number of hydrogen-bond acceptors (Lipinski definition) is 4. The van der Waals surface area contributed by atoms with Crippen molar-refractivity contribution in [1.29, 1.82) is 0 Å². The van der Waals surface area contributed by atoms with Gasteiger partial charge in [0.2, 0.25) is 5.91 Å². The highest BCUT2D eigenvalue weighted by molar-refractivity contribution is 5.76. The van der Waals surface area contributed by atoms with E-state index in [9.17, 15) is 14.4 Å². The van der Waals surface area contributed by atoms with Crippen molar-refractivity contribution in [3.05, 3.63) is 0 Å². The largest absolute Gasteiger partial charge is 0.481 e. The SMILES string of the molecule is NC(=O)CCC=O.O=C(O)C1CCNCC1. The molecule has 1 heterocycles. The first-order chi connectivity index (χ1) is 7.57. The Balaban J connectivity index is 0.000000293. The molecule has 0 atom stereocenters. The molecule has 1 aliphatic heterocycles. The number of carbonyl (C=O) groups is 3. The highest BCUT2D eigenvalue weighted by Crippen LogP contribution is 2.10. The van der Waals surface area contributed by atoms with Crippen LogP contribution in [0.25, 0.3) is 0 Å². The first-order valence-corrected chi connectivity index (χ1v) is 5.23. The Morgan fingerprint density at radius 2 is 1.94 bits per heavy atom. The minimum Gasteiger partial charge on any atom is -0.481 e. The van der Waals surface area contributed by atoms with E-state index in [1.54, 1.807) is 0 Å². The number of rotatable bonds is 4. The predicted octanol–water partition coefficient (Wildman–Crippen LogP) is -0.479. The van der Waals surface area contributed by atoms with Gasteiger partial charge in [0.25, 0.3) is 0 Å². The molecule has 1 rings (SSSR count). The number of nitrogens with two attached hydrogens (primary N) is 1. The lowest BCUT2D eigenvalue weighted by molar-refractivity contribution is -0.142. The van der Waals surface area contributed by atoms with E-state index in [4.69, 9.17) is 5.11 Å². The van der Waals surface area contributed by atoms with Gasteiger partial charge in [-0.05, 0) is 25.9 Å². The summed E-state index contributed by atoms with van der Waals surface area (Å²) in [5.74, 6) is -1.16. The van der Waals surface area contributed by atoms with Gasteiger partial charge in [0.15, 0.2) is 0 Å². The molecule has 16 heavy (non-hydrogen) atoms. The maximum absolute atomic E-state index is 10.3. The van der Waals surface area contributed by atoms with E-state index in [0.29, 0.717) is 6.29 Å². The number of hydrogen-bond donors (Lipinski definition) is 3. The molecule has 1 fully saturated rings. The van der Waals surface area contributed by atoms with Gasteiger partial charge in [0.1, 0.15) is 6.29 Å². The van der Waals surface area contributed by atoms with Crippen LogP contribution in [0.1, 0.15) is 25.7 Å². The minimum atomic E-state index is -0.642. The number of aliphatic carboxylic acids is 1. The Bertz CT molecular complexity index is 237. The van der Waals surface area contributed by atoms with Gasteiger partial charge in [-0.15, -0.1) is 0 Å². The average Bonchev–Trinajstić information content (AvgIpc) is 2.28. The van der Waals surface area contributed by atoms with Crippen LogP contribution in [0.2, 0.25) is 0 Å². The normalized spacial score (nSPS) is 15.8. The Hall–Kier alpha value is -1.43. The standard InChI is InChI=1S/C6H11NO2.C4H7NO2/c8-6(9)5-1-3-7-4-2-5;5-4(7)2-1-3-6/h5,7H,1-4H2,(H,8,9);3H,1-2H2,(H2,5,7).